The van der Waals surface area contributed by atoms with E-state index in [2.05, 4.69) is 17.1 Å². The second-order valence-electron chi connectivity index (χ2n) is 7.42. The normalized spacial score (nSPS) is 25.5. The van der Waals surface area contributed by atoms with Crippen LogP contribution in [0.5, 0.6) is 5.88 Å². The maximum atomic E-state index is 13.9. The van der Waals surface area contributed by atoms with E-state index < -0.39 is 18.0 Å². The Labute approximate surface area is 175 Å². The highest BCUT2D eigenvalue weighted by Crippen LogP contribution is 2.34. The van der Waals surface area contributed by atoms with Crippen molar-refractivity contribution in [3.8, 4) is 5.88 Å². The number of hydrogen-bond acceptors (Lipinski definition) is 5. The van der Waals surface area contributed by atoms with E-state index in [-0.39, 0.29) is 36.0 Å². The van der Waals surface area contributed by atoms with Crippen LogP contribution in [0.3, 0.4) is 0 Å². The van der Waals surface area contributed by atoms with Gasteiger partial charge in [0, 0.05) is 18.7 Å². The van der Waals surface area contributed by atoms with Crippen LogP contribution in [-0.4, -0.2) is 64.4 Å². The number of aliphatic carboxylic acids is 1. The Morgan fingerprint density at radius 2 is 1.94 bits per heavy atom. The summed E-state index contributed by atoms with van der Waals surface area (Å²) in [5.74, 6) is -3.08. The van der Waals surface area contributed by atoms with E-state index >= 15 is 0 Å². The van der Waals surface area contributed by atoms with Crippen LogP contribution in [0.1, 0.15) is 25.7 Å². The number of carboxylic acids is 1. The van der Waals surface area contributed by atoms with Crippen molar-refractivity contribution >= 4 is 11.9 Å². The molecule has 2 aliphatic heterocycles. The fourth-order valence-corrected chi connectivity index (χ4v) is 3.92. The highest BCUT2D eigenvalue weighted by Gasteiger charge is 2.48. The molecule has 2 saturated heterocycles. The van der Waals surface area contributed by atoms with E-state index in [0.29, 0.717) is 13.2 Å². The number of aromatic nitrogens is 1. The van der Waals surface area contributed by atoms with Crippen LogP contribution in [0, 0.1) is 11.7 Å². The van der Waals surface area contributed by atoms with Gasteiger partial charge in [-0.3, -0.25) is 4.79 Å². The highest BCUT2D eigenvalue weighted by molar-refractivity contribution is 5.80. The fraction of sp³-hybridized carbons (Fsp3) is 0.550. The molecule has 11 heteroatoms. The molecule has 1 aliphatic carbocycles. The first-order chi connectivity index (χ1) is 14.7. The maximum absolute atomic E-state index is 13.9. The molecule has 0 aromatic carbocycles. The number of amides is 1. The molecule has 3 aliphatic rings. The lowest BCUT2D eigenvalue weighted by Crippen LogP contribution is -2.45. The van der Waals surface area contributed by atoms with Crippen molar-refractivity contribution in [2.24, 2.45) is 5.92 Å². The number of carbonyl (C=O) groups is 2. The van der Waals surface area contributed by atoms with Crippen molar-refractivity contribution in [3.05, 3.63) is 36.3 Å². The topological polar surface area (TPSA) is 89.0 Å². The van der Waals surface area contributed by atoms with Crippen molar-refractivity contribution in [2.45, 2.75) is 50.1 Å². The van der Waals surface area contributed by atoms with Crippen molar-refractivity contribution in [1.29, 1.82) is 0 Å². The third-order valence-electron chi connectivity index (χ3n) is 5.35. The van der Waals surface area contributed by atoms with E-state index in [1.165, 1.54) is 18.3 Å². The number of pyridine rings is 1. The van der Waals surface area contributed by atoms with Crippen LogP contribution in [-0.2, 0) is 14.3 Å². The summed E-state index contributed by atoms with van der Waals surface area (Å²) in [6.45, 7) is 1.08. The van der Waals surface area contributed by atoms with E-state index in [0.717, 1.165) is 25.7 Å². The highest BCUT2D eigenvalue weighted by atomic mass is 19.4. The van der Waals surface area contributed by atoms with Gasteiger partial charge >= 0.3 is 12.1 Å². The smallest absolute Gasteiger partial charge is 0.475 e. The molecule has 1 N–H and O–H groups in total. The number of ether oxygens (including phenoxy) is 2. The molecule has 0 bridgehead atoms. The molecule has 7 nitrogen and oxygen atoms in total. The van der Waals surface area contributed by atoms with Crippen molar-refractivity contribution in [2.75, 3.05) is 13.2 Å². The zero-order chi connectivity index (χ0) is 22.6. The summed E-state index contributed by atoms with van der Waals surface area (Å²) in [6.07, 6.45) is 3.38. The number of likely N-dealkylation sites (tertiary alicyclic amines) is 1. The van der Waals surface area contributed by atoms with Crippen LogP contribution in [0.15, 0.2) is 30.5 Å². The second-order valence-corrected chi connectivity index (χ2v) is 7.42. The third-order valence-corrected chi connectivity index (χ3v) is 5.35. The Kier molecular flexibility index (Phi) is 7.14. The number of fused-ring (bicyclic) bond motifs is 1. The Hall–Kier alpha value is -2.69. The Morgan fingerprint density at radius 3 is 2.55 bits per heavy atom. The first-order valence-corrected chi connectivity index (χ1v) is 9.83. The van der Waals surface area contributed by atoms with Gasteiger partial charge in [-0.05, 0) is 37.8 Å². The molecule has 31 heavy (non-hydrogen) atoms. The number of allylic oxidation sites excluding steroid dienone is 2. The summed E-state index contributed by atoms with van der Waals surface area (Å²) >= 11 is 0. The van der Waals surface area contributed by atoms with Gasteiger partial charge in [0.25, 0.3) is 5.88 Å². The van der Waals surface area contributed by atoms with Crippen LogP contribution in [0.2, 0.25) is 0 Å². The van der Waals surface area contributed by atoms with Gasteiger partial charge in [-0.2, -0.15) is 13.2 Å². The quantitative estimate of drug-likeness (QED) is 0.567. The molecule has 0 spiro atoms. The first kappa shape index (κ1) is 23.0. The van der Waals surface area contributed by atoms with Gasteiger partial charge in [0.15, 0.2) is 5.82 Å². The van der Waals surface area contributed by atoms with Crippen LogP contribution >= 0.6 is 0 Å². The number of nitrogens with zero attached hydrogens (tertiary/aromatic N) is 2. The van der Waals surface area contributed by atoms with Gasteiger partial charge < -0.3 is 19.5 Å². The van der Waals surface area contributed by atoms with Gasteiger partial charge in [-0.15, -0.1) is 0 Å². The summed E-state index contributed by atoms with van der Waals surface area (Å²) in [5, 5.41) is 7.12. The van der Waals surface area contributed by atoms with Crippen LogP contribution < -0.4 is 4.74 Å². The fourth-order valence-electron chi connectivity index (χ4n) is 3.92. The summed E-state index contributed by atoms with van der Waals surface area (Å²) < 4.78 is 57.3. The lowest BCUT2D eigenvalue weighted by molar-refractivity contribution is -0.192. The summed E-state index contributed by atoms with van der Waals surface area (Å²) in [5.41, 5.74) is 0. The molecular formula is C20H22F4N2O5. The molecule has 3 heterocycles. The number of carbonyl (C=O) groups excluding carboxylic acids is 1. The molecule has 2 fully saturated rings. The molecule has 4 rings (SSSR count). The van der Waals surface area contributed by atoms with Gasteiger partial charge in [0.05, 0.1) is 12.6 Å². The zero-order valence-electron chi connectivity index (χ0n) is 16.4. The van der Waals surface area contributed by atoms with Gasteiger partial charge in [0.2, 0.25) is 5.91 Å². The Balaban J connectivity index is 0.000000339. The number of hydrogen-bond donors (Lipinski definition) is 1. The average molecular weight is 446 g/mol. The molecule has 3 atom stereocenters. The van der Waals surface area contributed by atoms with E-state index in [9.17, 15) is 22.4 Å². The van der Waals surface area contributed by atoms with Crippen LogP contribution in [0.25, 0.3) is 0 Å². The number of alkyl halides is 3. The van der Waals surface area contributed by atoms with E-state index in [4.69, 9.17) is 19.4 Å². The summed E-state index contributed by atoms with van der Waals surface area (Å²) in [6, 6.07) is 2.87. The molecule has 1 aromatic rings. The average Bonchev–Trinajstić information content (AvgIpc) is 3.38. The lowest BCUT2D eigenvalue weighted by atomic mass is 10.0. The monoisotopic (exact) mass is 446 g/mol. The van der Waals surface area contributed by atoms with Crippen LogP contribution in [0.4, 0.5) is 17.6 Å². The number of rotatable bonds is 3. The Morgan fingerprint density at radius 1 is 1.26 bits per heavy atom. The zero-order valence-corrected chi connectivity index (χ0v) is 16.4. The van der Waals surface area contributed by atoms with Gasteiger partial charge in [-0.1, -0.05) is 12.2 Å². The van der Waals surface area contributed by atoms with Gasteiger partial charge in [-0.25, -0.2) is 14.2 Å². The Bertz CT molecular complexity index is 824. The molecule has 1 amide bonds. The van der Waals surface area contributed by atoms with Gasteiger partial charge in [0.1, 0.15) is 12.2 Å². The molecule has 1 aromatic heterocycles. The lowest BCUT2D eigenvalue weighted by Gasteiger charge is -2.33. The number of carboxylic acid groups (broad SMARTS) is 1. The number of halogens is 4. The minimum atomic E-state index is -5.08. The van der Waals surface area contributed by atoms with E-state index in [1.807, 2.05) is 4.90 Å². The van der Waals surface area contributed by atoms with Crippen molar-refractivity contribution in [3.63, 3.8) is 0 Å². The second kappa shape index (κ2) is 9.63. The molecule has 0 radical (unpaired) electrons. The van der Waals surface area contributed by atoms with Crippen molar-refractivity contribution in [1.82, 2.24) is 9.88 Å². The molecule has 0 saturated carbocycles. The maximum Gasteiger partial charge on any atom is 0.490 e. The molecule has 0 unspecified atom stereocenters. The third kappa shape index (κ3) is 5.52. The minimum absolute atomic E-state index is 0.0172. The summed E-state index contributed by atoms with van der Waals surface area (Å²) in [7, 11) is 0. The first-order valence-electron chi connectivity index (χ1n) is 9.83. The SMILES string of the molecule is O=C(C1CC=CC1)N1C[C@@H](Oc2ncccc2F)[C@H]2OCCC[C@H]21.O=C(O)C(F)(F)F. The largest absolute Gasteiger partial charge is 0.490 e. The standard InChI is InChI=1S/C18H21FN2O3.C2HF3O2/c19-13-7-3-9-20-17(13)24-15-11-21(14-8-4-10-23-16(14)15)18(22)12-5-1-2-6-12;3-2(4,5)1(6)7/h1-3,7,9,12,14-16H,4-6,8,10-11H2;(H,6,7)/t14-,15-,16+;/m1./s1. The van der Waals surface area contributed by atoms with E-state index in [1.54, 1.807) is 0 Å². The predicted octanol–water partition coefficient (Wildman–Crippen LogP) is 2.96. The van der Waals surface area contributed by atoms with Crippen molar-refractivity contribution < 1.29 is 41.7 Å². The summed E-state index contributed by atoms with van der Waals surface area (Å²) in [4.78, 5) is 27.6. The minimum Gasteiger partial charge on any atom is -0.475 e. The predicted molar refractivity (Wildman–Crippen MR) is 98.6 cm³/mol. The molecule has 170 valence electrons. The molecular weight excluding hydrogens is 424 g/mol.